The molecule has 0 N–H and O–H groups in total. The number of isocyanates is 1. The molecule has 0 atom stereocenters. The summed E-state index contributed by atoms with van der Waals surface area (Å²) in [7, 11) is 0. The van der Waals surface area contributed by atoms with Gasteiger partial charge in [0, 0.05) is 0 Å². The maximum atomic E-state index is 9.67. The molecule has 0 saturated carbocycles. The van der Waals surface area contributed by atoms with E-state index in [0.717, 1.165) is 0 Å². The van der Waals surface area contributed by atoms with Crippen molar-refractivity contribution in [3.8, 4) is 0 Å². The molecule has 0 amide bonds. The summed E-state index contributed by atoms with van der Waals surface area (Å²) in [4.78, 5) is 12.9. The van der Waals surface area contributed by atoms with E-state index in [1.54, 1.807) is 0 Å². The Balaban J connectivity index is 3.90. The van der Waals surface area contributed by atoms with Crippen molar-refractivity contribution in [1.82, 2.24) is 0 Å². The summed E-state index contributed by atoms with van der Waals surface area (Å²) in [6, 6.07) is 0. The Morgan fingerprint density at radius 3 is 2.25 bits per heavy atom. The lowest BCUT2D eigenvalue weighted by Gasteiger charge is -2.11. The first-order chi connectivity index (χ1) is 3.62. The molecule has 0 fully saturated rings. The van der Waals surface area contributed by atoms with E-state index in [4.69, 9.17) is 0 Å². The van der Waals surface area contributed by atoms with Crippen LogP contribution in [-0.4, -0.2) is 17.2 Å². The van der Waals surface area contributed by atoms with E-state index < -0.39 is 0 Å². The van der Waals surface area contributed by atoms with Crippen molar-refractivity contribution >= 4 is 17.8 Å². The van der Waals surface area contributed by atoms with Crippen LogP contribution in [0.25, 0.3) is 0 Å². The molecule has 0 spiro atoms. The van der Waals surface area contributed by atoms with Crippen molar-refractivity contribution in [3.63, 3.8) is 0 Å². The zero-order valence-corrected chi connectivity index (χ0v) is 6.08. The van der Waals surface area contributed by atoms with Crippen LogP contribution < -0.4 is 0 Å². The number of carbonyl (C=O) groups excluding carboxylic acids is 1. The van der Waals surface area contributed by atoms with E-state index in [2.05, 4.69) is 4.99 Å². The molecule has 0 radical (unpaired) electrons. The summed E-state index contributed by atoms with van der Waals surface area (Å²) in [6.07, 6.45) is 3.42. The predicted octanol–water partition coefficient (Wildman–Crippen LogP) is 1.42. The van der Waals surface area contributed by atoms with Gasteiger partial charge in [-0.15, -0.1) is 11.8 Å². The van der Waals surface area contributed by atoms with Crippen LogP contribution in [0.15, 0.2) is 4.99 Å². The van der Waals surface area contributed by atoms with Crippen molar-refractivity contribution in [2.45, 2.75) is 18.7 Å². The van der Waals surface area contributed by atoms with Crippen LogP contribution in [0.2, 0.25) is 0 Å². The van der Waals surface area contributed by atoms with Gasteiger partial charge >= 0.3 is 0 Å². The molecule has 0 bridgehead atoms. The Kier molecular flexibility index (Phi) is 2.80. The monoisotopic (exact) mass is 131 g/mol. The van der Waals surface area contributed by atoms with Gasteiger partial charge in [0.05, 0.1) is 0 Å². The molecule has 0 unspecified atom stereocenters. The molecule has 0 aliphatic rings. The van der Waals surface area contributed by atoms with Gasteiger partial charge in [0.1, 0.15) is 4.87 Å². The summed E-state index contributed by atoms with van der Waals surface area (Å²) in [5.41, 5.74) is 0. The fourth-order valence-electron chi connectivity index (χ4n) is 0.156. The van der Waals surface area contributed by atoms with Gasteiger partial charge in [-0.3, -0.25) is 0 Å². The SMILES string of the molecule is CSC(C)(C)N=C=O. The van der Waals surface area contributed by atoms with E-state index in [0.29, 0.717) is 0 Å². The second-order valence-corrected chi connectivity index (χ2v) is 3.26. The minimum Gasteiger partial charge on any atom is -0.211 e. The van der Waals surface area contributed by atoms with Crippen LogP contribution >= 0.6 is 11.8 Å². The minimum absolute atomic E-state index is 0.290. The lowest BCUT2D eigenvalue weighted by atomic mass is 10.4. The zero-order valence-electron chi connectivity index (χ0n) is 5.26. The van der Waals surface area contributed by atoms with E-state index in [1.165, 1.54) is 17.8 Å². The fourth-order valence-corrected chi connectivity index (χ4v) is 0.284. The first kappa shape index (κ1) is 7.73. The molecule has 0 rings (SSSR count). The van der Waals surface area contributed by atoms with Gasteiger partial charge in [-0.05, 0) is 20.1 Å². The van der Waals surface area contributed by atoms with Crippen molar-refractivity contribution < 1.29 is 4.79 Å². The smallest absolute Gasteiger partial charge is 0.211 e. The highest BCUT2D eigenvalue weighted by molar-refractivity contribution is 7.99. The fraction of sp³-hybridized carbons (Fsp3) is 0.800. The van der Waals surface area contributed by atoms with E-state index in [1.807, 2.05) is 20.1 Å². The first-order valence-electron chi connectivity index (χ1n) is 2.26. The molecule has 0 aliphatic heterocycles. The highest BCUT2D eigenvalue weighted by Gasteiger charge is 2.11. The van der Waals surface area contributed by atoms with Crippen LogP contribution in [0.5, 0.6) is 0 Å². The van der Waals surface area contributed by atoms with E-state index >= 15 is 0 Å². The quantitative estimate of drug-likeness (QED) is 0.419. The molecule has 46 valence electrons. The van der Waals surface area contributed by atoms with Gasteiger partial charge in [-0.1, -0.05) is 0 Å². The Morgan fingerprint density at radius 1 is 1.62 bits per heavy atom. The third-order valence-corrected chi connectivity index (χ3v) is 1.90. The van der Waals surface area contributed by atoms with Gasteiger partial charge in [-0.25, -0.2) is 4.79 Å². The topological polar surface area (TPSA) is 29.4 Å². The molecule has 0 aromatic carbocycles. The second kappa shape index (κ2) is 2.90. The molecule has 0 aromatic heterocycles. The number of hydrogen-bond donors (Lipinski definition) is 0. The predicted molar refractivity (Wildman–Crippen MR) is 35.7 cm³/mol. The van der Waals surface area contributed by atoms with Gasteiger partial charge in [-0.2, -0.15) is 4.99 Å². The van der Waals surface area contributed by atoms with Crippen molar-refractivity contribution in [2.75, 3.05) is 6.26 Å². The van der Waals surface area contributed by atoms with Gasteiger partial charge in [0.25, 0.3) is 0 Å². The number of nitrogens with zero attached hydrogens (tertiary/aromatic N) is 1. The number of hydrogen-bond acceptors (Lipinski definition) is 3. The zero-order chi connectivity index (χ0) is 6.62. The minimum atomic E-state index is -0.290. The van der Waals surface area contributed by atoms with E-state index in [9.17, 15) is 4.79 Å². The van der Waals surface area contributed by atoms with Crippen molar-refractivity contribution in [3.05, 3.63) is 0 Å². The average Bonchev–Trinajstić information content (AvgIpc) is 1.67. The van der Waals surface area contributed by atoms with Gasteiger partial charge < -0.3 is 0 Å². The van der Waals surface area contributed by atoms with Crippen molar-refractivity contribution in [1.29, 1.82) is 0 Å². The molecular weight excluding hydrogens is 122 g/mol. The molecule has 0 heterocycles. The lowest BCUT2D eigenvalue weighted by molar-refractivity contribution is 0.558. The number of rotatable bonds is 2. The highest BCUT2D eigenvalue weighted by Crippen LogP contribution is 2.20. The molecule has 0 aliphatic carbocycles. The number of aliphatic imine (C=N–C) groups is 1. The Hall–Kier alpha value is -0.270. The molecular formula is C5H9NOS. The summed E-state index contributed by atoms with van der Waals surface area (Å²) in [6.45, 7) is 3.73. The average molecular weight is 131 g/mol. The summed E-state index contributed by atoms with van der Waals surface area (Å²) >= 11 is 1.52. The third-order valence-electron chi connectivity index (χ3n) is 0.814. The van der Waals surface area contributed by atoms with Crippen LogP contribution in [-0.2, 0) is 4.79 Å². The van der Waals surface area contributed by atoms with Crippen LogP contribution in [0.4, 0.5) is 0 Å². The van der Waals surface area contributed by atoms with Gasteiger partial charge in [0.15, 0.2) is 0 Å². The summed E-state index contributed by atoms with van der Waals surface area (Å²) in [5.74, 6) is 0. The summed E-state index contributed by atoms with van der Waals surface area (Å²) in [5, 5.41) is 0. The molecule has 3 heteroatoms. The second-order valence-electron chi connectivity index (χ2n) is 1.85. The standard InChI is InChI=1S/C5H9NOS/c1-5(2,8-3)6-4-7/h1-3H3. The van der Waals surface area contributed by atoms with Crippen LogP contribution in [0.3, 0.4) is 0 Å². The largest absolute Gasteiger partial charge is 0.236 e. The number of thioether (sulfide) groups is 1. The Morgan fingerprint density at radius 2 is 2.12 bits per heavy atom. The normalized spacial score (nSPS) is 10.4. The molecule has 2 nitrogen and oxygen atoms in total. The molecule has 8 heavy (non-hydrogen) atoms. The van der Waals surface area contributed by atoms with E-state index in [-0.39, 0.29) is 4.87 Å². The first-order valence-corrected chi connectivity index (χ1v) is 3.49. The summed E-state index contributed by atoms with van der Waals surface area (Å²) < 4.78 is 0. The Bertz CT molecular complexity index is 116. The van der Waals surface area contributed by atoms with Crippen molar-refractivity contribution in [2.24, 2.45) is 4.99 Å². The maximum Gasteiger partial charge on any atom is 0.236 e. The van der Waals surface area contributed by atoms with Crippen LogP contribution in [0, 0.1) is 0 Å². The van der Waals surface area contributed by atoms with Crippen LogP contribution in [0.1, 0.15) is 13.8 Å². The maximum absolute atomic E-state index is 9.67. The lowest BCUT2D eigenvalue weighted by Crippen LogP contribution is -2.08. The Labute approximate surface area is 53.4 Å². The molecule has 0 saturated heterocycles. The molecule has 0 aromatic rings. The van der Waals surface area contributed by atoms with Gasteiger partial charge in [0.2, 0.25) is 6.08 Å². The highest BCUT2D eigenvalue weighted by atomic mass is 32.2. The third kappa shape index (κ3) is 2.83.